The fourth-order valence-corrected chi connectivity index (χ4v) is 0. The molecule has 0 fully saturated rings. The van der Waals surface area contributed by atoms with E-state index in [0.717, 1.165) is 0 Å². The molecule has 0 rings (SSSR count). The average molecular weight is 200 g/mol. The van der Waals surface area contributed by atoms with Crippen LogP contribution in [0.1, 0.15) is 0 Å². The Morgan fingerprint density at radius 1 is 1.08 bits per heavy atom. The van der Waals surface area contributed by atoms with Crippen molar-refractivity contribution in [1.29, 1.82) is 0 Å². The SMILES string of the molecule is F[B-](F)(F)F.O=C([O-])C(F)(F)F. The highest BCUT2D eigenvalue weighted by atomic mass is 19.5. The third kappa shape index (κ3) is 23.0. The number of carbonyl (C=O) groups is 1. The van der Waals surface area contributed by atoms with Crippen LogP contribution >= 0.6 is 0 Å². The second-order valence-electron chi connectivity index (χ2n) is 1.28. The van der Waals surface area contributed by atoms with E-state index in [1.165, 1.54) is 0 Å². The highest BCUT2D eigenvalue weighted by molar-refractivity contribution is 6.50. The Hall–Kier alpha value is -0.955. The molecule has 0 atom stereocenters. The highest BCUT2D eigenvalue weighted by Gasteiger charge is 2.28. The summed E-state index contributed by atoms with van der Waals surface area (Å²) in [6.07, 6.45) is -5.19. The first kappa shape index (κ1) is 13.6. The van der Waals surface area contributed by atoms with Gasteiger partial charge in [0.2, 0.25) is 0 Å². The molecule has 0 N–H and O–H groups in total. The number of carboxylic acid groups (broad SMARTS) is 1. The standard InChI is InChI=1S/C2HF3O2.BF4/c3-2(4,5)1(6)7;2-1(3,4)5/h(H,6,7);/q;-1/p-1. The Kier molecular flexibility index (Phi) is 4.73. The smallest absolute Gasteiger partial charge is 0.542 e. The van der Waals surface area contributed by atoms with Crippen LogP contribution in [0.5, 0.6) is 0 Å². The Balaban J connectivity index is 0. The fraction of sp³-hybridized carbons (Fsp3) is 0.500. The number of alkyl halides is 3. The largest absolute Gasteiger partial charge is 0.673 e. The molecule has 0 aromatic rings. The molecule has 2 nitrogen and oxygen atoms in total. The third-order valence-electron chi connectivity index (χ3n) is 0.231. The number of halogens is 7. The van der Waals surface area contributed by atoms with Crippen molar-refractivity contribution >= 4 is 13.2 Å². The first-order chi connectivity index (χ1) is 4.94. The molecule has 10 heteroatoms. The monoisotopic (exact) mass is 200 g/mol. The minimum absolute atomic E-state index is 3.01. The van der Waals surface area contributed by atoms with Gasteiger partial charge in [-0.3, -0.25) is 0 Å². The van der Waals surface area contributed by atoms with Gasteiger partial charge in [0.1, 0.15) is 5.97 Å². The van der Waals surface area contributed by atoms with Gasteiger partial charge in [0, 0.05) is 0 Å². The number of hydrogen-bond acceptors (Lipinski definition) is 2. The van der Waals surface area contributed by atoms with E-state index in [1.54, 1.807) is 0 Å². The molecule has 0 heterocycles. The summed E-state index contributed by atoms with van der Waals surface area (Å²) < 4.78 is 70.5. The lowest BCUT2D eigenvalue weighted by molar-refractivity contribution is -0.344. The maximum Gasteiger partial charge on any atom is 0.673 e. The van der Waals surface area contributed by atoms with Crippen molar-refractivity contribution < 1.29 is 40.3 Å². The fourth-order valence-electron chi connectivity index (χ4n) is 0. The average Bonchev–Trinajstić information content (AvgIpc) is 1.55. The molecule has 0 aliphatic carbocycles. The molecule has 12 heavy (non-hydrogen) atoms. The maximum absolute atomic E-state index is 10.5. The Labute approximate surface area is 61.1 Å². The lowest BCUT2D eigenvalue weighted by atomic mass is 10.3. The predicted molar refractivity (Wildman–Crippen MR) is 21.2 cm³/mol. The van der Waals surface area contributed by atoms with E-state index >= 15 is 0 Å². The van der Waals surface area contributed by atoms with Crippen LogP contribution in [0, 0.1) is 0 Å². The van der Waals surface area contributed by atoms with Gasteiger partial charge in [-0.25, -0.2) is 0 Å². The van der Waals surface area contributed by atoms with Crippen LogP contribution in [-0.4, -0.2) is 19.4 Å². The second-order valence-corrected chi connectivity index (χ2v) is 1.28. The molecular formula is C2BF7O2-2. The van der Waals surface area contributed by atoms with Gasteiger partial charge >= 0.3 is 13.4 Å². The first-order valence-electron chi connectivity index (χ1n) is 2.10. The Morgan fingerprint density at radius 2 is 1.17 bits per heavy atom. The van der Waals surface area contributed by atoms with Crippen LogP contribution in [0.15, 0.2) is 0 Å². The summed E-state index contributed by atoms with van der Waals surface area (Å²) in [6.45, 7) is 0. The molecule has 74 valence electrons. The van der Waals surface area contributed by atoms with E-state index < -0.39 is 19.4 Å². The van der Waals surface area contributed by atoms with E-state index in [4.69, 9.17) is 9.90 Å². The van der Waals surface area contributed by atoms with Gasteiger partial charge in [0.15, 0.2) is 0 Å². The highest BCUT2D eigenvalue weighted by Crippen LogP contribution is 2.11. The first-order valence-corrected chi connectivity index (χ1v) is 2.10. The molecule has 0 saturated heterocycles. The molecule has 0 aliphatic heterocycles. The lowest BCUT2D eigenvalue weighted by Crippen LogP contribution is -2.37. The number of carboxylic acids is 1. The molecular weight excluding hydrogens is 200 g/mol. The zero-order valence-corrected chi connectivity index (χ0v) is 5.04. The van der Waals surface area contributed by atoms with Gasteiger partial charge in [-0.05, 0) is 0 Å². The minimum atomic E-state index is -6.00. The van der Waals surface area contributed by atoms with Crippen LogP contribution in [0.25, 0.3) is 0 Å². The topological polar surface area (TPSA) is 40.1 Å². The summed E-state index contributed by atoms with van der Waals surface area (Å²) >= 11 is 0. The zero-order valence-electron chi connectivity index (χ0n) is 5.04. The number of hydrogen-bond donors (Lipinski definition) is 0. The normalized spacial score (nSPS) is 11.6. The van der Waals surface area contributed by atoms with Gasteiger partial charge in [-0.15, -0.1) is 0 Å². The summed E-state index contributed by atoms with van der Waals surface area (Å²) in [7, 11) is -6.00. The van der Waals surface area contributed by atoms with Crippen LogP contribution < -0.4 is 5.11 Å². The van der Waals surface area contributed by atoms with E-state index in [9.17, 15) is 30.4 Å². The molecule has 0 aliphatic rings. The van der Waals surface area contributed by atoms with Crippen LogP contribution in [0.2, 0.25) is 0 Å². The zero-order chi connectivity index (χ0) is 10.6. The molecule has 0 radical (unpaired) electrons. The van der Waals surface area contributed by atoms with Crippen LogP contribution in [0.3, 0.4) is 0 Å². The maximum atomic E-state index is 10.5. The van der Waals surface area contributed by atoms with Crippen molar-refractivity contribution in [2.45, 2.75) is 6.18 Å². The minimum Gasteiger partial charge on any atom is -0.542 e. The van der Waals surface area contributed by atoms with E-state index in [1.807, 2.05) is 0 Å². The number of aliphatic carboxylic acids is 1. The number of carbonyl (C=O) groups excluding carboxylic acids is 1. The predicted octanol–water partition coefficient (Wildman–Crippen LogP) is 0.599. The third-order valence-corrected chi connectivity index (χ3v) is 0.231. The van der Waals surface area contributed by atoms with Gasteiger partial charge in [0.05, 0.1) is 0 Å². The quantitative estimate of drug-likeness (QED) is 0.424. The van der Waals surface area contributed by atoms with Gasteiger partial charge in [0.25, 0.3) is 0 Å². The molecule has 0 unspecified atom stereocenters. The van der Waals surface area contributed by atoms with Crippen molar-refractivity contribution in [3.8, 4) is 0 Å². The summed E-state index contributed by atoms with van der Waals surface area (Å²) in [5.41, 5.74) is 0. The second kappa shape index (κ2) is 4.17. The van der Waals surface area contributed by atoms with Crippen molar-refractivity contribution in [2.24, 2.45) is 0 Å². The van der Waals surface area contributed by atoms with Gasteiger partial charge < -0.3 is 27.2 Å². The van der Waals surface area contributed by atoms with Crippen LogP contribution in [0.4, 0.5) is 30.4 Å². The number of rotatable bonds is 0. The molecule has 0 bridgehead atoms. The molecule has 0 amide bonds. The van der Waals surface area contributed by atoms with Crippen molar-refractivity contribution in [1.82, 2.24) is 0 Å². The van der Waals surface area contributed by atoms with Crippen molar-refractivity contribution in [2.75, 3.05) is 0 Å². The van der Waals surface area contributed by atoms with Crippen molar-refractivity contribution in [3.63, 3.8) is 0 Å². The van der Waals surface area contributed by atoms with Crippen molar-refractivity contribution in [3.05, 3.63) is 0 Å². The lowest BCUT2D eigenvalue weighted by Gasteiger charge is -2.03. The summed E-state index contributed by atoms with van der Waals surface area (Å²) in [5, 5.41) is 8.78. The van der Waals surface area contributed by atoms with Gasteiger partial charge in [-0.2, -0.15) is 13.2 Å². The summed E-state index contributed by atoms with van der Waals surface area (Å²) in [5.74, 6) is -3.01. The Morgan fingerprint density at radius 3 is 1.17 bits per heavy atom. The van der Waals surface area contributed by atoms with Gasteiger partial charge in [-0.1, -0.05) is 0 Å². The molecule has 0 aromatic heterocycles. The van der Waals surface area contributed by atoms with Crippen LogP contribution in [-0.2, 0) is 4.79 Å². The van der Waals surface area contributed by atoms with E-state index in [-0.39, 0.29) is 0 Å². The summed E-state index contributed by atoms with van der Waals surface area (Å²) in [6, 6.07) is 0. The van der Waals surface area contributed by atoms with E-state index in [0.29, 0.717) is 0 Å². The van der Waals surface area contributed by atoms with E-state index in [2.05, 4.69) is 0 Å². The molecule has 0 saturated carbocycles. The molecule has 0 spiro atoms. The Bertz CT molecular complexity index is 140. The summed E-state index contributed by atoms with van der Waals surface area (Å²) in [4.78, 5) is 8.78. The molecule has 0 aromatic carbocycles.